The summed E-state index contributed by atoms with van der Waals surface area (Å²) in [5.74, 6) is 0.690. The summed E-state index contributed by atoms with van der Waals surface area (Å²) in [6, 6.07) is 0.0386. The zero-order valence-corrected chi connectivity index (χ0v) is 13.9. The third kappa shape index (κ3) is 4.05. The predicted octanol–water partition coefficient (Wildman–Crippen LogP) is 1.68. The van der Waals surface area contributed by atoms with Crippen molar-refractivity contribution in [2.45, 2.75) is 63.4 Å². The van der Waals surface area contributed by atoms with Gasteiger partial charge < -0.3 is 5.32 Å². The summed E-state index contributed by atoms with van der Waals surface area (Å²) in [6.07, 6.45) is 5.19. The largest absolute Gasteiger partial charge is 0.314 e. The fraction of sp³-hybridized carbons (Fsp3) is 0.786. The summed E-state index contributed by atoms with van der Waals surface area (Å²) >= 11 is 0. The van der Waals surface area contributed by atoms with Crippen LogP contribution in [0.2, 0.25) is 0 Å². The van der Waals surface area contributed by atoms with Crippen molar-refractivity contribution in [3.8, 4) is 0 Å². The number of aryl methyl sites for hydroxylation is 1. The van der Waals surface area contributed by atoms with Gasteiger partial charge in [-0.2, -0.15) is 5.10 Å². The number of nitrogens with one attached hydrogen (secondary N) is 3. The first-order chi connectivity index (χ1) is 9.94. The second kappa shape index (κ2) is 6.89. The summed E-state index contributed by atoms with van der Waals surface area (Å²) in [7, 11) is -1.74. The van der Waals surface area contributed by atoms with Crippen LogP contribution in [0.3, 0.4) is 0 Å². The van der Waals surface area contributed by atoms with Crippen molar-refractivity contribution in [3.63, 3.8) is 0 Å². The molecule has 120 valence electrons. The first-order valence-corrected chi connectivity index (χ1v) is 9.13. The van der Waals surface area contributed by atoms with Crippen LogP contribution in [0.5, 0.6) is 0 Å². The third-order valence-corrected chi connectivity index (χ3v) is 5.88. The molecule has 2 rings (SSSR count). The van der Waals surface area contributed by atoms with Crippen molar-refractivity contribution >= 4 is 10.0 Å². The fourth-order valence-corrected chi connectivity index (χ4v) is 4.67. The Hall–Kier alpha value is -0.920. The second-order valence-corrected chi connectivity index (χ2v) is 7.74. The highest BCUT2D eigenvalue weighted by Gasteiger charge is 2.27. The maximum Gasteiger partial charge on any atom is 0.244 e. The summed E-state index contributed by atoms with van der Waals surface area (Å²) in [5, 5.41) is 9.82. The fourth-order valence-electron chi connectivity index (χ4n) is 3.00. The average Bonchev–Trinajstić information content (AvgIpc) is 2.66. The summed E-state index contributed by atoms with van der Waals surface area (Å²) < 4.78 is 28.2. The number of rotatable bonds is 5. The quantitative estimate of drug-likeness (QED) is 0.722. The number of aromatic amines is 1. The van der Waals surface area contributed by atoms with Gasteiger partial charge in [0.15, 0.2) is 0 Å². The molecule has 0 radical (unpaired) electrons. The monoisotopic (exact) mass is 314 g/mol. The van der Waals surface area contributed by atoms with E-state index in [4.69, 9.17) is 0 Å². The van der Waals surface area contributed by atoms with Gasteiger partial charge in [0.05, 0.1) is 11.4 Å². The first-order valence-electron chi connectivity index (χ1n) is 7.64. The van der Waals surface area contributed by atoms with Crippen LogP contribution < -0.4 is 10.0 Å². The van der Waals surface area contributed by atoms with E-state index in [0.717, 1.165) is 25.7 Å². The Labute approximate surface area is 127 Å². The molecule has 1 aromatic heterocycles. The Morgan fingerprint density at radius 1 is 1.29 bits per heavy atom. The maximum absolute atomic E-state index is 12.7. The molecule has 0 bridgehead atoms. The van der Waals surface area contributed by atoms with Gasteiger partial charge in [0.25, 0.3) is 0 Å². The zero-order chi connectivity index (χ0) is 15.5. The molecule has 1 saturated carbocycles. The van der Waals surface area contributed by atoms with Crippen LogP contribution in [0.4, 0.5) is 0 Å². The number of nitrogens with zero attached hydrogens (tertiary/aromatic N) is 1. The van der Waals surface area contributed by atoms with E-state index in [1.807, 2.05) is 0 Å². The molecule has 0 aromatic carbocycles. The Balaban J connectivity index is 2.16. The van der Waals surface area contributed by atoms with E-state index in [-0.39, 0.29) is 6.04 Å². The van der Waals surface area contributed by atoms with Gasteiger partial charge in [-0.3, -0.25) is 5.10 Å². The van der Waals surface area contributed by atoms with E-state index in [1.165, 1.54) is 6.42 Å². The SMILES string of the molecule is CNCc1n[nH]c(C)c1S(=O)(=O)NC1CCCC(C)CC1. The molecule has 0 amide bonds. The van der Waals surface area contributed by atoms with Crippen LogP contribution >= 0.6 is 0 Å². The van der Waals surface area contributed by atoms with E-state index < -0.39 is 10.0 Å². The normalized spacial score (nSPS) is 24.0. The van der Waals surface area contributed by atoms with E-state index in [2.05, 4.69) is 27.2 Å². The van der Waals surface area contributed by atoms with Gasteiger partial charge in [-0.25, -0.2) is 13.1 Å². The number of hydrogen-bond acceptors (Lipinski definition) is 4. The molecule has 1 aromatic rings. The van der Waals surface area contributed by atoms with Gasteiger partial charge in [0, 0.05) is 12.6 Å². The van der Waals surface area contributed by atoms with E-state index in [9.17, 15) is 8.42 Å². The van der Waals surface area contributed by atoms with E-state index in [0.29, 0.717) is 28.7 Å². The van der Waals surface area contributed by atoms with E-state index >= 15 is 0 Å². The minimum Gasteiger partial charge on any atom is -0.314 e. The highest BCUT2D eigenvalue weighted by atomic mass is 32.2. The minimum atomic E-state index is -3.52. The average molecular weight is 314 g/mol. The molecule has 0 saturated heterocycles. The van der Waals surface area contributed by atoms with Crippen LogP contribution in [0.15, 0.2) is 4.90 Å². The van der Waals surface area contributed by atoms with Crippen LogP contribution in [0.25, 0.3) is 0 Å². The molecular formula is C14H26N4O2S. The van der Waals surface area contributed by atoms with Crippen molar-refractivity contribution in [1.82, 2.24) is 20.2 Å². The van der Waals surface area contributed by atoms with Gasteiger partial charge in [0.2, 0.25) is 10.0 Å². The molecule has 7 heteroatoms. The molecule has 2 unspecified atom stereocenters. The lowest BCUT2D eigenvalue weighted by atomic mass is 10.0. The topological polar surface area (TPSA) is 86.9 Å². The number of sulfonamides is 1. The van der Waals surface area contributed by atoms with Gasteiger partial charge >= 0.3 is 0 Å². The van der Waals surface area contributed by atoms with Crippen molar-refractivity contribution in [1.29, 1.82) is 0 Å². The standard InChI is InChI=1S/C14H26N4O2S/c1-10-5-4-6-12(8-7-10)18-21(19,20)14-11(2)16-17-13(14)9-15-3/h10,12,15,18H,4-9H2,1-3H3,(H,16,17). The zero-order valence-electron chi connectivity index (χ0n) is 13.1. The molecule has 3 N–H and O–H groups in total. The Kier molecular flexibility index (Phi) is 5.40. The Morgan fingerprint density at radius 3 is 2.76 bits per heavy atom. The summed E-state index contributed by atoms with van der Waals surface area (Å²) in [5.41, 5.74) is 1.14. The second-order valence-electron chi connectivity index (χ2n) is 6.09. The van der Waals surface area contributed by atoms with Crippen molar-refractivity contribution in [2.75, 3.05) is 7.05 Å². The molecule has 1 aliphatic rings. The number of hydrogen-bond donors (Lipinski definition) is 3. The molecule has 2 atom stereocenters. The van der Waals surface area contributed by atoms with Crippen LogP contribution in [-0.4, -0.2) is 31.7 Å². The van der Waals surface area contributed by atoms with Crippen molar-refractivity contribution in [2.24, 2.45) is 5.92 Å². The van der Waals surface area contributed by atoms with Gasteiger partial charge in [-0.05, 0) is 39.2 Å². The van der Waals surface area contributed by atoms with Crippen molar-refractivity contribution in [3.05, 3.63) is 11.4 Å². The van der Waals surface area contributed by atoms with E-state index in [1.54, 1.807) is 14.0 Å². The van der Waals surface area contributed by atoms with Gasteiger partial charge in [0.1, 0.15) is 4.90 Å². The maximum atomic E-state index is 12.7. The molecule has 1 fully saturated rings. The molecule has 21 heavy (non-hydrogen) atoms. The highest BCUT2D eigenvalue weighted by molar-refractivity contribution is 7.89. The lowest BCUT2D eigenvalue weighted by Crippen LogP contribution is -2.35. The summed E-state index contributed by atoms with van der Waals surface area (Å²) in [4.78, 5) is 0.300. The molecule has 6 nitrogen and oxygen atoms in total. The van der Waals surface area contributed by atoms with Gasteiger partial charge in [-0.1, -0.05) is 19.8 Å². The molecule has 1 aliphatic carbocycles. The van der Waals surface area contributed by atoms with Gasteiger partial charge in [-0.15, -0.1) is 0 Å². The smallest absolute Gasteiger partial charge is 0.244 e. The minimum absolute atomic E-state index is 0.0386. The number of aromatic nitrogens is 2. The predicted molar refractivity (Wildman–Crippen MR) is 82.4 cm³/mol. The molecule has 1 heterocycles. The van der Waals surface area contributed by atoms with Crippen molar-refractivity contribution < 1.29 is 8.42 Å². The van der Waals surface area contributed by atoms with Crippen LogP contribution in [0.1, 0.15) is 50.4 Å². The lowest BCUT2D eigenvalue weighted by molar-refractivity contribution is 0.484. The molecule has 0 aliphatic heterocycles. The molecule has 0 spiro atoms. The van der Waals surface area contributed by atoms with Crippen LogP contribution in [-0.2, 0) is 16.6 Å². The lowest BCUT2D eigenvalue weighted by Gasteiger charge is -2.17. The highest BCUT2D eigenvalue weighted by Crippen LogP contribution is 2.25. The number of H-pyrrole nitrogens is 1. The summed E-state index contributed by atoms with van der Waals surface area (Å²) in [6.45, 7) is 4.42. The third-order valence-electron chi connectivity index (χ3n) is 4.15. The first kappa shape index (κ1) is 16.5. The Morgan fingerprint density at radius 2 is 2.05 bits per heavy atom. The Bertz CT molecular complexity index is 568. The molecular weight excluding hydrogens is 288 g/mol. The van der Waals surface area contributed by atoms with Crippen LogP contribution in [0, 0.1) is 12.8 Å².